The van der Waals surface area contributed by atoms with Crippen LogP contribution in [-0.2, 0) is 0 Å². The molecule has 0 aromatic carbocycles. The highest BCUT2D eigenvalue weighted by atomic mass is 35.5. The number of halogens is 2. The molecule has 0 bridgehead atoms. The molecular formula is C11H16ClFN4. The normalized spacial score (nSPS) is 20.8. The van der Waals surface area contributed by atoms with Crippen LogP contribution < -0.4 is 5.32 Å². The zero-order chi connectivity index (χ0) is 12.3. The van der Waals surface area contributed by atoms with Crippen LogP contribution in [-0.4, -0.2) is 41.0 Å². The molecule has 1 saturated heterocycles. The van der Waals surface area contributed by atoms with Crippen molar-refractivity contribution in [3.05, 3.63) is 17.3 Å². The lowest BCUT2D eigenvalue weighted by atomic mass is 10.1. The minimum atomic E-state index is -0.464. The average molecular weight is 259 g/mol. The van der Waals surface area contributed by atoms with Gasteiger partial charge in [-0.2, -0.15) is 4.98 Å². The van der Waals surface area contributed by atoms with Crippen molar-refractivity contribution in [2.24, 2.45) is 0 Å². The fraction of sp³-hybridized carbons (Fsp3) is 0.636. The second-order valence-electron chi connectivity index (χ2n) is 4.33. The van der Waals surface area contributed by atoms with Gasteiger partial charge < -0.3 is 10.2 Å². The van der Waals surface area contributed by atoms with Crippen LogP contribution in [0.15, 0.2) is 6.20 Å². The number of rotatable bonds is 4. The van der Waals surface area contributed by atoms with E-state index >= 15 is 0 Å². The van der Waals surface area contributed by atoms with Gasteiger partial charge in [-0.15, -0.1) is 0 Å². The zero-order valence-corrected chi connectivity index (χ0v) is 10.5. The molecule has 6 heteroatoms. The third kappa shape index (κ3) is 3.26. The second kappa shape index (κ2) is 5.60. The summed E-state index contributed by atoms with van der Waals surface area (Å²) in [5, 5.41) is 3.03. The van der Waals surface area contributed by atoms with Gasteiger partial charge in [-0.3, -0.25) is 0 Å². The lowest BCUT2D eigenvalue weighted by molar-refractivity contribution is 0.301. The Morgan fingerprint density at radius 3 is 3.18 bits per heavy atom. The standard InChI is InChI=1S/C11H16ClFN4/c1-17-6-2-3-8(17)4-5-14-10-9(13)7-15-11(12)16-10/h7-8H,2-6H2,1H3,(H,14,15,16). The van der Waals surface area contributed by atoms with Gasteiger partial charge in [0.2, 0.25) is 5.28 Å². The van der Waals surface area contributed by atoms with Crippen LogP contribution in [0.2, 0.25) is 5.28 Å². The number of hydrogen-bond acceptors (Lipinski definition) is 4. The topological polar surface area (TPSA) is 41.0 Å². The van der Waals surface area contributed by atoms with E-state index in [2.05, 4.69) is 27.2 Å². The third-order valence-corrected chi connectivity index (χ3v) is 3.34. The van der Waals surface area contributed by atoms with E-state index in [4.69, 9.17) is 11.6 Å². The van der Waals surface area contributed by atoms with E-state index in [0.29, 0.717) is 12.6 Å². The van der Waals surface area contributed by atoms with E-state index < -0.39 is 5.82 Å². The van der Waals surface area contributed by atoms with E-state index in [9.17, 15) is 4.39 Å². The quantitative estimate of drug-likeness (QED) is 0.841. The molecule has 1 aliphatic rings. The Balaban J connectivity index is 1.83. The first kappa shape index (κ1) is 12.5. The minimum Gasteiger partial charge on any atom is -0.367 e. The highest BCUT2D eigenvalue weighted by Crippen LogP contribution is 2.18. The smallest absolute Gasteiger partial charge is 0.224 e. The third-order valence-electron chi connectivity index (χ3n) is 3.16. The van der Waals surface area contributed by atoms with Crippen molar-refractivity contribution in [3.8, 4) is 0 Å². The first-order valence-electron chi connectivity index (χ1n) is 5.79. The van der Waals surface area contributed by atoms with Crippen LogP contribution in [0.4, 0.5) is 10.2 Å². The molecular weight excluding hydrogens is 243 g/mol. The first-order valence-corrected chi connectivity index (χ1v) is 6.17. The largest absolute Gasteiger partial charge is 0.367 e. The zero-order valence-electron chi connectivity index (χ0n) is 9.79. The molecule has 2 heterocycles. The van der Waals surface area contributed by atoms with Gasteiger partial charge >= 0.3 is 0 Å². The van der Waals surface area contributed by atoms with Crippen molar-refractivity contribution >= 4 is 17.4 Å². The van der Waals surface area contributed by atoms with Crippen molar-refractivity contribution in [3.63, 3.8) is 0 Å². The molecule has 94 valence electrons. The molecule has 0 amide bonds. The van der Waals surface area contributed by atoms with E-state index in [1.807, 2.05) is 0 Å². The monoisotopic (exact) mass is 258 g/mol. The van der Waals surface area contributed by atoms with E-state index in [-0.39, 0.29) is 11.1 Å². The van der Waals surface area contributed by atoms with Gasteiger partial charge in [0, 0.05) is 12.6 Å². The predicted molar refractivity (Wildman–Crippen MR) is 65.8 cm³/mol. The Morgan fingerprint density at radius 1 is 1.65 bits per heavy atom. The predicted octanol–water partition coefficient (Wildman–Crippen LogP) is 2.17. The minimum absolute atomic E-state index is 0.0619. The lowest BCUT2D eigenvalue weighted by Crippen LogP contribution is -2.27. The highest BCUT2D eigenvalue weighted by molar-refractivity contribution is 6.28. The molecule has 1 aromatic heterocycles. The van der Waals surface area contributed by atoms with Gasteiger partial charge in [0.1, 0.15) is 0 Å². The van der Waals surface area contributed by atoms with Crippen molar-refractivity contribution in [2.75, 3.05) is 25.5 Å². The Hall–Kier alpha value is -0.940. The Kier molecular flexibility index (Phi) is 4.12. The molecule has 1 atom stereocenters. The van der Waals surface area contributed by atoms with E-state index in [0.717, 1.165) is 19.2 Å². The van der Waals surface area contributed by atoms with Gasteiger partial charge in [-0.1, -0.05) is 0 Å². The molecule has 17 heavy (non-hydrogen) atoms. The fourth-order valence-corrected chi connectivity index (χ4v) is 2.30. The summed E-state index contributed by atoms with van der Waals surface area (Å²) in [6.07, 6.45) is 4.52. The van der Waals surface area contributed by atoms with Crippen LogP contribution in [0.3, 0.4) is 0 Å². The van der Waals surface area contributed by atoms with Gasteiger partial charge in [-0.05, 0) is 44.5 Å². The Bertz CT molecular complexity index is 388. The van der Waals surface area contributed by atoms with Crippen molar-refractivity contribution < 1.29 is 4.39 Å². The van der Waals surface area contributed by atoms with Crippen LogP contribution in [0.5, 0.6) is 0 Å². The molecule has 1 aromatic rings. The highest BCUT2D eigenvalue weighted by Gasteiger charge is 2.20. The van der Waals surface area contributed by atoms with Crippen molar-refractivity contribution in [2.45, 2.75) is 25.3 Å². The number of anilines is 1. The molecule has 0 saturated carbocycles. The summed E-state index contributed by atoms with van der Waals surface area (Å²) in [6.45, 7) is 1.84. The SMILES string of the molecule is CN1CCCC1CCNc1nc(Cl)ncc1F. The van der Waals surface area contributed by atoms with Gasteiger partial charge in [-0.25, -0.2) is 9.37 Å². The van der Waals surface area contributed by atoms with E-state index in [1.165, 1.54) is 12.8 Å². The molecule has 1 fully saturated rings. The molecule has 1 aliphatic heterocycles. The number of nitrogens with zero attached hydrogens (tertiary/aromatic N) is 3. The molecule has 4 nitrogen and oxygen atoms in total. The summed E-state index contributed by atoms with van der Waals surface area (Å²) in [6, 6.07) is 0.586. The summed E-state index contributed by atoms with van der Waals surface area (Å²) >= 11 is 5.61. The molecule has 0 aliphatic carbocycles. The van der Waals surface area contributed by atoms with Crippen LogP contribution in [0.25, 0.3) is 0 Å². The van der Waals surface area contributed by atoms with Crippen LogP contribution >= 0.6 is 11.6 Å². The number of hydrogen-bond donors (Lipinski definition) is 1. The maximum atomic E-state index is 13.3. The summed E-state index contributed by atoms with van der Waals surface area (Å²) < 4.78 is 13.3. The summed E-state index contributed by atoms with van der Waals surface area (Å²) in [4.78, 5) is 9.72. The van der Waals surface area contributed by atoms with Crippen LogP contribution in [0.1, 0.15) is 19.3 Å². The molecule has 1 unspecified atom stereocenters. The molecule has 1 N–H and O–H groups in total. The lowest BCUT2D eigenvalue weighted by Gasteiger charge is -2.19. The number of likely N-dealkylation sites (tertiary alicyclic amines) is 1. The number of aromatic nitrogens is 2. The van der Waals surface area contributed by atoms with Gasteiger partial charge in [0.05, 0.1) is 6.20 Å². The second-order valence-corrected chi connectivity index (χ2v) is 4.67. The Morgan fingerprint density at radius 2 is 2.47 bits per heavy atom. The summed E-state index contributed by atoms with van der Waals surface area (Å²) in [5.74, 6) is -0.278. The van der Waals surface area contributed by atoms with E-state index in [1.54, 1.807) is 0 Å². The molecule has 0 spiro atoms. The Labute approximate surface area is 105 Å². The van der Waals surface area contributed by atoms with Gasteiger partial charge in [0.25, 0.3) is 0 Å². The maximum Gasteiger partial charge on any atom is 0.224 e. The average Bonchev–Trinajstić information content (AvgIpc) is 2.70. The van der Waals surface area contributed by atoms with Crippen LogP contribution in [0, 0.1) is 5.82 Å². The molecule has 2 rings (SSSR count). The van der Waals surface area contributed by atoms with Crippen molar-refractivity contribution in [1.82, 2.24) is 14.9 Å². The van der Waals surface area contributed by atoms with Crippen molar-refractivity contribution in [1.29, 1.82) is 0 Å². The van der Waals surface area contributed by atoms with Gasteiger partial charge in [0.15, 0.2) is 11.6 Å². The molecule has 0 radical (unpaired) electrons. The fourth-order valence-electron chi connectivity index (χ4n) is 2.17. The maximum absolute atomic E-state index is 13.3. The first-order chi connectivity index (χ1) is 8.16. The number of nitrogens with one attached hydrogen (secondary N) is 1. The summed E-state index contributed by atoms with van der Waals surface area (Å²) in [7, 11) is 2.12. The summed E-state index contributed by atoms with van der Waals surface area (Å²) in [5.41, 5.74) is 0.